The molecule has 1 aromatic carbocycles. The number of carbonyl (C=O) groups excluding carboxylic acids is 2. The maximum absolute atomic E-state index is 12.6. The molecule has 1 atom stereocenters. The summed E-state index contributed by atoms with van der Waals surface area (Å²) in [6.45, 7) is 15.7. The average Bonchev–Trinajstić information content (AvgIpc) is 2.68. The Kier molecular flexibility index (Phi) is 8.45. The van der Waals surface area contributed by atoms with E-state index < -0.39 is 17.4 Å². The van der Waals surface area contributed by atoms with Gasteiger partial charge in [-0.1, -0.05) is 40.3 Å². The first kappa shape index (κ1) is 24.7. The van der Waals surface area contributed by atoms with Crippen molar-refractivity contribution in [2.24, 2.45) is 16.6 Å². The Morgan fingerprint density at radius 3 is 2.14 bits per heavy atom. The molecule has 0 heterocycles. The third-order valence-electron chi connectivity index (χ3n) is 5.48. The molecule has 0 unspecified atom stereocenters. The minimum atomic E-state index is -0.809. The van der Waals surface area contributed by atoms with Gasteiger partial charge in [-0.3, -0.25) is 9.59 Å². The van der Waals surface area contributed by atoms with Gasteiger partial charge in [-0.15, -0.1) is 0 Å². The summed E-state index contributed by atoms with van der Waals surface area (Å²) in [6, 6.07) is 4.36. The van der Waals surface area contributed by atoms with Crippen molar-refractivity contribution in [3.63, 3.8) is 0 Å². The Balaban J connectivity index is 3.24. The van der Waals surface area contributed by atoms with Crippen molar-refractivity contribution in [3.05, 3.63) is 36.1 Å². The minimum absolute atomic E-state index is 0.240. The largest absolute Gasteiger partial charge is 0.468 e. The molecule has 2 N–H and O–H groups in total. The van der Waals surface area contributed by atoms with Crippen LogP contribution in [0.2, 0.25) is 0 Å². The lowest BCUT2D eigenvalue weighted by atomic mass is 9.88. The molecular formula is C23H35NO5. The molecule has 0 radical (unpaired) electrons. The number of benzene rings is 1. The monoisotopic (exact) mass is 405 g/mol. The SMILES string of the molecule is C=C(Oc1ccc(C[C@H](N)C(=O)OC)cc1OC(=O)C(C)(C)CC)C(C)(C)CC. The highest BCUT2D eigenvalue weighted by atomic mass is 16.6. The highest BCUT2D eigenvalue weighted by Crippen LogP contribution is 2.37. The zero-order valence-electron chi connectivity index (χ0n) is 18.8. The number of rotatable bonds is 10. The summed E-state index contributed by atoms with van der Waals surface area (Å²) in [4.78, 5) is 24.3. The first-order valence-electron chi connectivity index (χ1n) is 9.93. The summed E-state index contributed by atoms with van der Waals surface area (Å²) in [5, 5.41) is 0. The van der Waals surface area contributed by atoms with E-state index in [9.17, 15) is 9.59 Å². The lowest BCUT2D eigenvalue weighted by molar-refractivity contribution is -0.144. The van der Waals surface area contributed by atoms with Crippen LogP contribution in [0.25, 0.3) is 0 Å². The second kappa shape index (κ2) is 9.92. The molecule has 0 bridgehead atoms. The molecule has 0 aliphatic rings. The van der Waals surface area contributed by atoms with Crippen molar-refractivity contribution in [1.82, 2.24) is 0 Å². The summed E-state index contributed by atoms with van der Waals surface area (Å²) < 4.78 is 16.4. The van der Waals surface area contributed by atoms with E-state index in [1.165, 1.54) is 7.11 Å². The average molecular weight is 406 g/mol. The van der Waals surface area contributed by atoms with E-state index in [0.29, 0.717) is 17.9 Å². The third kappa shape index (κ3) is 6.60. The lowest BCUT2D eigenvalue weighted by Crippen LogP contribution is -2.33. The van der Waals surface area contributed by atoms with Gasteiger partial charge in [-0.25, -0.2) is 0 Å². The predicted molar refractivity (Wildman–Crippen MR) is 114 cm³/mol. The molecule has 0 spiro atoms. The summed E-state index contributed by atoms with van der Waals surface area (Å²) in [5.41, 5.74) is 5.71. The molecule has 0 aromatic heterocycles. The standard InChI is InChI=1S/C23H35NO5/c1-9-22(4,5)15(3)28-18-12-11-16(13-17(24)20(25)27-8)14-19(18)29-21(26)23(6,7)10-2/h11-12,14,17H,3,9-10,13,24H2,1-2,4-8H3/t17-/m0/s1. The van der Waals surface area contributed by atoms with Gasteiger partial charge >= 0.3 is 11.9 Å². The first-order chi connectivity index (χ1) is 13.4. The van der Waals surface area contributed by atoms with Crippen LogP contribution in [0, 0.1) is 10.8 Å². The van der Waals surface area contributed by atoms with Gasteiger partial charge in [0, 0.05) is 5.41 Å². The lowest BCUT2D eigenvalue weighted by Gasteiger charge is -2.27. The van der Waals surface area contributed by atoms with E-state index >= 15 is 0 Å². The number of methoxy groups -OCH3 is 1. The first-order valence-corrected chi connectivity index (χ1v) is 9.93. The number of carbonyl (C=O) groups is 2. The fraction of sp³-hybridized carbons (Fsp3) is 0.565. The molecule has 0 aliphatic heterocycles. The van der Waals surface area contributed by atoms with E-state index in [2.05, 4.69) is 18.2 Å². The summed E-state index contributed by atoms with van der Waals surface area (Å²) in [7, 11) is 1.29. The van der Waals surface area contributed by atoms with Gasteiger partial charge in [0.15, 0.2) is 11.5 Å². The number of hydrogen-bond acceptors (Lipinski definition) is 6. The normalized spacial score (nSPS) is 12.8. The Morgan fingerprint density at radius 2 is 1.62 bits per heavy atom. The zero-order valence-corrected chi connectivity index (χ0v) is 18.8. The van der Waals surface area contributed by atoms with Crippen LogP contribution in [0.4, 0.5) is 0 Å². The topological polar surface area (TPSA) is 87.8 Å². The smallest absolute Gasteiger partial charge is 0.322 e. The van der Waals surface area contributed by atoms with E-state index in [0.717, 1.165) is 12.0 Å². The molecule has 0 saturated heterocycles. The molecule has 29 heavy (non-hydrogen) atoms. The Morgan fingerprint density at radius 1 is 1.03 bits per heavy atom. The van der Waals surface area contributed by atoms with E-state index in [1.807, 2.05) is 34.6 Å². The second-order valence-corrected chi connectivity index (χ2v) is 8.50. The Hall–Kier alpha value is -2.34. The van der Waals surface area contributed by atoms with Gasteiger partial charge < -0.3 is 19.9 Å². The quantitative estimate of drug-likeness (QED) is 0.353. The van der Waals surface area contributed by atoms with Crippen LogP contribution in [0.5, 0.6) is 11.5 Å². The number of esters is 2. The van der Waals surface area contributed by atoms with Gasteiger partial charge in [0.25, 0.3) is 0 Å². The molecule has 1 aromatic rings. The number of nitrogens with two attached hydrogens (primary N) is 1. The fourth-order valence-corrected chi connectivity index (χ4v) is 2.18. The van der Waals surface area contributed by atoms with Gasteiger partial charge in [0.1, 0.15) is 11.8 Å². The third-order valence-corrected chi connectivity index (χ3v) is 5.48. The molecular weight excluding hydrogens is 370 g/mol. The Bertz CT molecular complexity index is 752. The Labute approximate surface area is 174 Å². The predicted octanol–water partition coefficient (Wildman–Crippen LogP) is 4.40. The summed E-state index contributed by atoms with van der Waals surface area (Å²) >= 11 is 0. The zero-order chi connectivity index (χ0) is 22.4. The number of ether oxygens (including phenoxy) is 3. The van der Waals surface area contributed by atoms with Crippen molar-refractivity contribution in [1.29, 1.82) is 0 Å². The van der Waals surface area contributed by atoms with Crippen molar-refractivity contribution in [3.8, 4) is 11.5 Å². The minimum Gasteiger partial charge on any atom is -0.468 e. The van der Waals surface area contributed by atoms with Crippen LogP contribution < -0.4 is 15.2 Å². The van der Waals surface area contributed by atoms with Crippen molar-refractivity contribution >= 4 is 11.9 Å². The molecule has 0 aliphatic carbocycles. The number of hydrogen-bond donors (Lipinski definition) is 1. The highest BCUT2D eigenvalue weighted by molar-refractivity contribution is 5.79. The van der Waals surface area contributed by atoms with Gasteiger partial charge in [0.05, 0.1) is 12.5 Å². The van der Waals surface area contributed by atoms with Crippen LogP contribution >= 0.6 is 0 Å². The van der Waals surface area contributed by atoms with Crippen molar-refractivity contribution in [2.45, 2.75) is 66.8 Å². The van der Waals surface area contributed by atoms with Crippen LogP contribution in [-0.4, -0.2) is 25.1 Å². The second-order valence-electron chi connectivity index (χ2n) is 8.50. The molecule has 0 fully saturated rings. The number of allylic oxidation sites excluding steroid dienone is 1. The molecule has 6 heteroatoms. The van der Waals surface area contributed by atoms with Crippen LogP contribution in [0.3, 0.4) is 0 Å². The maximum Gasteiger partial charge on any atom is 0.322 e. The van der Waals surface area contributed by atoms with Crippen LogP contribution in [-0.2, 0) is 20.7 Å². The van der Waals surface area contributed by atoms with Crippen molar-refractivity contribution < 1.29 is 23.8 Å². The molecule has 0 saturated carbocycles. The fourth-order valence-electron chi connectivity index (χ4n) is 2.18. The van der Waals surface area contributed by atoms with E-state index in [1.54, 1.807) is 18.2 Å². The maximum atomic E-state index is 12.6. The molecule has 0 amide bonds. The van der Waals surface area contributed by atoms with Crippen molar-refractivity contribution in [2.75, 3.05) is 7.11 Å². The summed E-state index contributed by atoms with van der Waals surface area (Å²) in [5.74, 6) is 0.381. The van der Waals surface area contributed by atoms with Gasteiger partial charge in [-0.05, 0) is 50.8 Å². The van der Waals surface area contributed by atoms with Gasteiger partial charge in [0.2, 0.25) is 0 Å². The van der Waals surface area contributed by atoms with Gasteiger partial charge in [-0.2, -0.15) is 0 Å². The van der Waals surface area contributed by atoms with E-state index in [-0.39, 0.29) is 23.6 Å². The molecule has 162 valence electrons. The summed E-state index contributed by atoms with van der Waals surface area (Å²) in [6.07, 6.45) is 1.72. The van der Waals surface area contributed by atoms with Crippen LogP contribution in [0.15, 0.2) is 30.5 Å². The molecule has 6 nitrogen and oxygen atoms in total. The van der Waals surface area contributed by atoms with E-state index in [4.69, 9.17) is 15.2 Å². The molecule has 1 rings (SSSR count). The van der Waals surface area contributed by atoms with Crippen LogP contribution in [0.1, 0.15) is 59.9 Å². The highest BCUT2D eigenvalue weighted by Gasteiger charge is 2.29.